The van der Waals surface area contributed by atoms with Gasteiger partial charge in [-0.3, -0.25) is 0 Å². The van der Waals surface area contributed by atoms with Crippen LogP contribution in [0.25, 0.3) is 0 Å². The Morgan fingerprint density at radius 1 is 1.46 bits per heavy atom. The van der Waals surface area contributed by atoms with E-state index in [-0.39, 0.29) is 0 Å². The lowest BCUT2D eigenvalue weighted by Gasteiger charge is -2.09. The van der Waals surface area contributed by atoms with E-state index in [9.17, 15) is 0 Å². The Kier molecular flexibility index (Phi) is 3.48. The summed E-state index contributed by atoms with van der Waals surface area (Å²) in [6.45, 7) is 4.30. The standard InChI is InChI=1S/C10H13BrN2/c1-7(2)10-5-9(11)4-3-8(10)6-13-12/h3-7H,12H2,1-2H3. The fourth-order valence-corrected chi connectivity index (χ4v) is 1.62. The second-order valence-electron chi connectivity index (χ2n) is 3.21. The lowest BCUT2D eigenvalue weighted by atomic mass is 9.98. The molecule has 0 atom stereocenters. The highest BCUT2D eigenvalue weighted by atomic mass is 79.9. The van der Waals surface area contributed by atoms with Crippen LogP contribution in [0.2, 0.25) is 0 Å². The largest absolute Gasteiger partial charge is 0.323 e. The van der Waals surface area contributed by atoms with Crippen molar-refractivity contribution in [3.8, 4) is 0 Å². The molecule has 0 saturated heterocycles. The van der Waals surface area contributed by atoms with Crippen LogP contribution in [-0.4, -0.2) is 6.21 Å². The van der Waals surface area contributed by atoms with Crippen LogP contribution in [0.3, 0.4) is 0 Å². The van der Waals surface area contributed by atoms with Crippen LogP contribution in [-0.2, 0) is 0 Å². The summed E-state index contributed by atoms with van der Waals surface area (Å²) < 4.78 is 1.09. The number of hydrogen-bond donors (Lipinski definition) is 1. The van der Waals surface area contributed by atoms with Crippen LogP contribution >= 0.6 is 15.9 Å². The maximum Gasteiger partial charge on any atom is 0.0540 e. The molecule has 1 rings (SSSR count). The average Bonchev–Trinajstić information content (AvgIpc) is 2.08. The zero-order valence-corrected chi connectivity index (χ0v) is 9.38. The summed E-state index contributed by atoms with van der Waals surface area (Å²) in [5, 5.41) is 3.54. The molecule has 1 aromatic rings. The minimum absolute atomic E-state index is 0.477. The first-order valence-electron chi connectivity index (χ1n) is 4.18. The molecular formula is C10H13BrN2. The highest BCUT2D eigenvalue weighted by molar-refractivity contribution is 9.10. The van der Waals surface area contributed by atoms with Gasteiger partial charge in [0.2, 0.25) is 0 Å². The molecule has 0 saturated carbocycles. The van der Waals surface area contributed by atoms with E-state index in [1.807, 2.05) is 12.1 Å². The highest BCUT2D eigenvalue weighted by Gasteiger charge is 2.04. The quantitative estimate of drug-likeness (QED) is 0.482. The average molecular weight is 241 g/mol. The Labute approximate surface area is 87.0 Å². The van der Waals surface area contributed by atoms with Gasteiger partial charge in [-0.2, -0.15) is 5.10 Å². The molecule has 0 unspecified atom stereocenters. The van der Waals surface area contributed by atoms with E-state index >= 15 is 0 Å². The van der Waals surface area contributed by atoms with Crippen molar-refractivity contribution < 1.29 is 0 Å². The maximum absolute atomic E-state index is 5.13. The molecule has 1 aromatic carbocycles. The lowest BCUT2D eigenvalue weighted by Crippen LogP contribution is -1.96. The number of rotatable bonds is 2. The van der Waals surface area contributed by atoms with Crippen molar-refractivity contribution in [3.63, 3.8) is 0 Å². The summed E-state index contributed by atoms with van der Waals surface area (Å²) >= 11 is 3.44. The van der Waals surface area contributed by atoms with Crippen molar-refractivity contribution in [1.82, 2.24) is 0 Å². The van der Waals surface area contributed by atoms with Crippen molar-refractivity contribution in [1.29, 1.82) is 0 Å². The minimum atomic E-state index is 0.477. The number of nitrogens with two attached hydrogens (primary N) is 1. The minimum Gasteiger partial charge on any atom is -0.323 e. The van der Waals surface area contributed by atoms with Gasteiger partial charge < -0.3 is 5.84 Å². The second-order valence-corrected chi connectivity index (χ2v) is 4.12. The topological polar surface area (TPSA) is 38.4 Å². The first-order chi connectivity index (χ1) is 6.15. The Morgan fingerprint density at radius 2 is 2.15 bits per heavy atom. The van der Waals surface area contributed by atoms with Crippen molar-refractivity contribution in [3.05, 3.63) is 33.8 Å². The highest BCUT2D eigenvalue weighted by Crippen LogP contribution is 2.22. The van der Waals surface area contributed by atoms with Crippen molar-refractivity contribution in [2.45, 2.75) is 19.8 Å². The van der Waals surface area contributed by atoms with Crippen LogP contribution in [0.15, 0.2) is 27.8 Å². The Balaban J connectivity index is 3.18. The first-order valence-corrected chi connectivity index (χ1v) is 4.97. The maximum atomic E-state index is 5.13. The molecule has 2 N–H and O–H groups in total. The van der Waals surface area contributed by atoms with E-state index in [1.54, 1.807) is 6.21 Å². The molecule has 0 aliphatic rings. The van der Waals surface area contributed by atoms with Crippen LogP contribution in [0.1, 0.15) is 30.9 Å². The predicted octanol–water partition coefficient (Wildman–Crippen LogP) is 2.87. The zero-order valence-electron chi connectivity index (χ0n) is 7.79. The summed E-state index contributed by atoms with van der Waals surface area (Å²) in [5.41, 5.74) is 2.34. The van der Waals surface area contributed by atoms with E-state index in [0.717, 1.165) is 10.0 Å². The molecule has 0 heterocycles. The third kappa shape index (κ3) is 2.56. The lowest BCUT2D eigenvalue weighted by molar-refractivity contribution is 0.863. The van der Waals surface area contributed by atoms with Crippen molar-refractivity contribution in [2.24, 2.45) is 10.9 Å². The van der Waals surface area contributed by atoms with Gasteiger partial charge in [0.15, 0.2) is 0 Å². The number of hydrazone groups is 1. The smallest absolute Gasteiger partial charge is 0.0540 e. The van der Waals surface area contributed by atoms with Gasteiger partial charge in [0.1, 0.15) is 0 Å². The third-order valence-electron chi connectivity index (χ3n) is 1.88. The Morgan fingerprint density at radius 3 is 2.69 bits per heavy atom. The van der Waals surface area contributed by atoms with Gasteiger partial charge in [0.05, 0.1) is 6.21 Å². The molecular weight excluding hydrogens is 228 g/mol. The Bertz CT molecular complexity index is 319. The summed E-state index contributed by atoms with van der Waals surface area (Å²) in [6, 6.07) is 6.10. The number of hydrogen-bond acceptors (Lipinski definition) is 2. The summed E-state index contributed by atoms with van der Waals surface area (Å²) in [6.07, 6.45) is 1.68. The second kappa shape index (κ2) is 4.42. The van der Waals surface area contributed by atoms with Gasteiger partial charge in [-0.05, 0) is 29.2 Å². The number of nitrogens with zero attached hydrogens (tertiary/aromatic N) is 1. The normalized spacial score (nSPS) is 11.4. The molecule has 13 heavy (non-hydrogen) atoms. The molecule has 0 aliphatic heterocycles. The van der Waals surface area contributed by atoms with Gasteiger partial charge in [-0.15, -0.1) is 0 Å². The van der Waals surface area contributed by atoms with E-state index < -0.39 is 0 Å². The van der Waals surface area contributed by atoms with Gasteiger partial charge in [0.25, 0.3) is 0 Å². The number of benzene rings is 1. The van der Waals surface area contributed by atoms with Crippen LogP contribution in [0, 0.1) is 0 Å². The SMILES string of the molecule is CC(C)c1cc(Br)ccc1C=NN. The summed E-state index contributed by atoms with van der Waals surface area (Å²) in [5.74, 6) is 5.60. The van der Waals surface area contributed by atoms with Gasteiger partial charge in [-0.1, -0.05) is 35.8 Å². The third-order valence-corrected chi connectivity index (χ3v) is 2.38. The van der Waals surface area contributed by atoms with Crippen LogP contribution in [0.5, 0.6) is 0 Å². The molecule has 3 heteroatoms. The van der Waals surface area contributed by atoms with Crippen molar-refractivity contribution in [2.75, 3.05) is 0 Å². The molecule has 70 valence electrons. The fraction of sp³-hybridized carbons (Fsp3) is 0.300. The first kappa shape index (κ1) is 10.3. The van der Waals surface area contributed by atoms with Gasteiger partial charge >= 0.3 is 0 Å². The molecule has 0 amide bonds. The Hall–Kier alpha value is -0.830. The summed E-state index contributed by atoms with van der Waals surface area (Å²) in [7, 11) is 0. The monoisotopic (exact) mass is 240 g/mol. The molecule has 0 radical (unpaired) electrons. The molecule has 0 bridgehead atoms. The molecule has 0 aromatic heterocycles. The molecule has 2 nitrogen and oxygen atoms in total. The van der Waals surface area contributed by atoms with Crippen LogP contribution in [0.4, 0.5) is 0 Å². The van der Waals surface area contributed by atoms with E-state index in [1.165, 1.54) is 5.56 Å². The van der Waals surface area contributed by atoms with E-state index in [2.05, 4.69) is 40.9 Å². The molecule has 0 aliphatic carbocycles. The van der Waals surface area contributed by atoms with Gasteiger partial charge in [0, 0.05) is 4.47 Å². The predicted molar refractivity (Wildman–Crippen MR) is 60.0 cm³/mol. The summed E-state index contributed by atoms with van der Waals surface area (Å²) in [4.78, 5) is 0. The molecule has 0 spiro atoms. The fourth-order valence-electron chi connectivity index (χ4n) is 1.24. The van der Waals surface area contributed by atoms with E-state index in [0.29, 0.717) is 5.92 Å². The number of halogens is 1. The zero-order chi connectivity index (χ0) is 9.84. The van der Waals surface area contributed by atoms with Crippen LogP contribution < -0.4 is 5.84 Å². The van der Waals surface area contributed by atoms with E-state index in [4.69, 9.17) is 5.84 Å². The van der Waals surface area contributed by atoms with Crippen molar-refractivity contribution >= 4 is 22.1 Å². The molecule has 0 fully saturated rings. The van der Waals surface area contributed by atoms with Gasteiger partial charge in [-0.25, -0.2) is 0 Å².